The van der Waals surface area contributed by atoms with Gasteiger partial charge in [-0.05, 0) is 12.5 Å². The number of hydrogen-bond donors (Lipinski definition) is 1. The number of aromatic nitrogens is 1. The van der Waals surface area contributed by atoms with E-state index in [4.69, 9.17) is 15.2 Å². The Morgan fingerprint density at radius 2 is 1.62 bits per heavy atom. The van der Waals surface area contributed by atoms with E-state index >= 15 is 8.78 Å². The van der Waals surface area contributed by atoms with Gasteiger partial charge in [0.05, 0.1) is 26.5 Å². The Kier molecular flexibility index (Phi) is 5.33. The Balaban J connectivity index is 1.89. The molecular weight excluding hydrogens is 418 g/mol. The largest absolute Gasteiger partial charge is 0.493 e. The molecule has 0 bridgehead atoms. The zero-order chi connectivity index (χ0) is 23.2. The van der Waals surface area contributed by atoms with Crippen molar-refractivity contribution >= 4 is 23.2 Å². The van der Waals surface area contributed by atoms with Gasteiger partial charge in [-0.2, -0.15) is 0 Å². The molecule has 2 aromatic carbocycles. The number of nitrogens with zero attached hydrogens (tertiary/aromatic N) is 3. The van der Waals surface area contributed by atoms with Crippen LogP contribution in [-0.4, -0.2) is 32.3 Å². The van der Waals surface area contributed by atoms with Gasteiger partial charge in [0.1, 0.15) is 11.5 Å². The number of aryl methyl sites for hydroxylation is 1. The van der Waals surface area contributed by atoms with Crippen LogP contribution < -0.4 is 25.0 Å². The summed E-state index contributed by atoms with van der Waals surface area (Å²) in [5.41, 5.74) is 9.18. The van der Waals surface area contributed by atoms with Gasteiger partial charge in [-0.1, -0.05) is 29.8 Å². The lowest BCUT2D eigenvalue weighted by molar-refractivity contribution is 0.250. The van der Waals surface area contributed by atoms with Crippen LogP contribution in [0.15, 0.2) is 36.5 Å². The van der Waals surface area contributed by atoms with Crippen molar-refractivity contribution in [1.29, 1.82) is 0 Å². The summed E-state index contributed by atoms with van der Waals surface area (Å²) < 4.78 is 40.2. The summed E-state index contributed by atoms with van der Waals surface area (Å²) in [7, 11) is 4.02. The van der Waals surface area contributed by atoms with E-state index in [9.17, 15) is 4.79 Å². The van der Waals surface area contributed by atoms with Crippen molar-refractivity contribution in [3.05, 3.63) is 59.3 Å². The van der Waals surface area contributed by atoms with E-state index in [1.54, 1.807) is 0 Å². The molecule has 9 heteroatoms. The van der Waals surface area contributed by atoms with E-state index in [1.807, 2.05) is 31.2 Å². The maximum absolute atomic E-state index is 15.1. The van der Waals surface area contributed by atoms with Crippen molar-refractivity contribution in [2.24, 2.45) is 0 Å². The molecule has 0 aliphatic carbocycles. The van der Waals surface area contributed by atoms with Crippen molar-refractivity contribution in [2.75, 3.05) is 36.8 Å². The SMILES string of the molecule is COc1cc(OC)c(F)c(N2Cc3cnc(N)c(-c4ccc(C)cc4)c3N(C)C2=O)c1F. The number of rotatable bonds is 4. The first kappa shape index (κ1) is 21.4. The fourth-order valence-corrected chi connectivity index (χ4v) is 3.86. The summed E-state index contributed by atoms with van der Waals surface area (Å²) in [6.45, 7) is 1.85. The summed E-state index contributed by atoms with van der Waals surface area (Å²) >= 11 is 0. The summed E-state index contributed by atoms with van der Waals surface area (Å²) in [6.07, 6.45) is 1.51. The molecule has 1 aliphatic rings. The molecule has 2 N–H and O–H groups in total. The van der Waals surface area contributed by atoms with Gasteiger partial charge in [0.15, 0.2) is 23.1 Å². The van der Waals surface area contributed by atoms with E-state index < -0.39 is 23.4 Å². The molecule has 4 rings (SSSR count). The molecule has 0 unspecified atom stereocenters. The van der Waals surface area contributed by atoms with Gasteiger partial charge in [-0.3, -0.25) is 9.80 Å². The topological polar surface area (TPSA) is 80.9 Å². The number of halogens is 2. The highest BCUT2D eigenvalue weighted by Crippen LogP contribution is 2.44. The van der Waals surface area contributed by atoms with Gasteiger partial charge in [0.2, 0.25) is 0 Å². The maximum atomic E-state index is 15.1. The fourth-order valence-electron chi connectivity index (χ4n) is 3.86. The maximum Gasteiger partial charge on any atom is 0.329 e. The second kappa shape index (κ2) is 7.99. The number of ether oxygens (including phenoxy) is 2. The van der Waals surface area contributed by atoms with Gasteiger partial charge < -0.3 is 15.2 Å². The van der Waals surface area contributed by atoms with E-state index in [-0.39, 0.29) is 23.9 Å². The Labute approximate surface area is 184 Å². The average molecular weight is 440 g/mol. The number of benzene rings is 2. The van der Waals surface area contributed by atoms with Crippen LogP contribution in [0.2, 0.25) is 0 Å². The molecule has 7 nitrogen and oxygen atoms in total. The molecule has 3 aromatic rings. The number of fused-ring (bicyclic) bond motifs is 1. The van der Waals surface area contributed by atoms with E-state index in [1.165, 1.54) is 32.4 Å². The number of nitrogen functional groups attached to an aromatic ring is 1. The number of carbonyl (C=O) groups is 1. The lowest BCUT2D eigenvalue weighted by Gasteiger charge is -2.36. The van der Waals surface area contributed by atoms with Crippen molar-refractivity contribution < 1.29 is 23.0 Å². The van der Waals surface area contributed by atoms with Crippen LogP contribution in [0, 0.1) is 18.6 Å². The van der Waals surface area contributed by atoms with Gasteiger partial charge >= 0.3 is 6.03 Å². The van der Waals surface area contributed by atoms with Gasteiger partial charge in [-0.15, -0.1) is 0 Å². The first-order valence-corrected chi connectivity index (χ1v) is 9.78. The first-order valence-electron chi connectivity index (χ1n) is 9.78. The lowest BCUT2D eigenvalue weighted by Crippen LogP contribution is -2.46. The molecule has 2 amide bonds. The summed E-state index contributed by atoms with van der Waals surface area (Å²) in [4.78, 5) is 19.9. The molecule has 0 radical (unpaired) electrons. The number of hydrogen-bond acceptors (Lipinski definition) is 5. The second-order valence-electron chi connectivity index (χ2n) is 7.44. The van der Waals surface area contributed by atoms with Gasteiger partial charge in [0, 0.05) is 30.4 Å². The lowest BCUT2D eigenvalue weighted by atomic mass is 9.98. The Morgan fingerprint density at radius 1 is 1.03 bits per heavy atom. The molecule has 0 saturated carbocycles. The molecule has 0 saturated heterocycles. The minimum atomic E-state index is -1.00. The van der Waals surface area contributed by atoms with Crippen LogP contribution in [0.3, 0.4) is 0 Å². The molecule has 0 atom stereocenters. The van der Waals surface area contributed by atoms with E-state index in [0.717, 1.165) is 22.1 Å². The first-order chi connectivity index (χ1) is 15.3. The highest BCUT2D eigenvalue weighted by atomic mass is 19.1. The molecule has 2 heterocycles. The average Bonchev–Trinajstić information content (AvgIpc) is 2.78. The van der Waals surface area contributed by atoms with Crippen LogP contribution in [0.4, 0.5) is 30.8 Å². The molecule has 0 spiro atoms. The number of methoxy groups -OCH3 is 2. The Morgan fingerprint density at radius 3 is 2.19 bits per heavy atom. The quantitative estimate of drug-likeness (QED) is 0.646. The number of anilines is 3. The van der Waals surface area contributed by atoms with Crippen molar-refractivity contribution in [3.8, 4) is 22.6 Å². The smallest absolute Gasteiger partial charge is 0.329 e. The van der Waals surface area contributed by atoms with Crippen LogP contribution >= 0.6 is 0 Å². The zero-order valence-corrected chi connectivity index (χ0v) is 18.1. The number of nitrogens with two attached hydrogens (primary N) is 1. The zero-order valence-electron chi connectivity index (χ0n) is 18.1. The molecule has 1 aliphatic heterocycles. The van der Waals surface area contributed by atoms with Crippen LogP contribution in [0.1, 0.15) is 11.1 Å². The highest BCUT2D eigenvalue weighted by Gasteiger charge is 2.37. The molecule has 32 heavy (non-hydrogen) atoms. The second-order valence-corrected chi connectivity index (χ2v) is 7.44. The predicted octanol–water partition coefficient (Wildman–Crippen LogP) is 4.51. The minimum Gasteiger partial charge on any atom is -0.493 e. The van der Waals surface area contributed by atoms with Crippen LogP contribution in [0.25, 0.3) is 11.1 Å². The van der Waals surface area contributed by atoms with Crippen molar-refractivity contribution in [2.45, 2.75) is 13.5 Å². The Bertz CT molecular complexity index is 1190. The third-order valence-electron chi connectivity index (χ3n) is 5.50. The van der Waals surface area contributed by atoms with Gasteiger partial charge in [0.25, 0.3) is 0 Å². The van der Waals surface area contributed by atoms with Crippen molar-refractivity contribution in [3.63, 3.8) is 0 Å². The predicted molar refractivity (Wildman–Crippen MR) is 118 cm³/mol. The van der Waals surface area contributed by atoms with E-state index in [0.29, 0.717) is 16.8 Å². The van der Waals surface area contributed by atoms with Gasteiger partial charge in [-0.25, -0.2) is 18.6 Å². The van der Waals surface area contributed by atoms with Crippen LogP contribution in [-0.2, 0) is 6.54 Å². The molecular formula is C23H22F2N4O3. The molecule has 0 fully saturated rings. The standard InChI is InChI=1S/C23H22F2N4O3/c1-12-5-7-13(8-6-12)17-20-14(10-27-22(17)26)11-29(23(30)28(20)2)21-18(24)15(31-3)9-16(32-4)19(21)25/h5-10H,11H2,1-4H3,(H2,26,27). The highest BCUT2D eigenvalue weighted by molar-refractivity contribution is 6.09. The number of pyridine rings is 1. The van der Waals surface area contributed by atoms with Crippen LogP contribution in [0.5, 0.6) is 11.5 Å². The monoisotopic (exact) mass is 440 g/mol. The van der Waals surface area contributed by atoms with Crippen molar-refractivity contribution in [1.82, 2.24) is 4.98 Å². The third-order valence-corrected chi connectivity index (χ3v) is 5.50. The molecule has 1 aromatic heterocycles. The number of amides is 2. The molecule has 166 valence electrons. The fraction of sp³-hybridized carbons (Fsp3) is 0.217. The summed E-state index contributed by atoms with van der Waals surface area (Å²) in [5.74, 6) is -2.23. The normalized spacial score (nSPS) is 13.2. The Hall–Kier alpha value is -3.88. The number of urea groups is 1. The summed E-state index contributed by atoms with van der Waals surface area (Å²) in [6, 6.07) is 8.10. The number of carbonyl (C=O) groups excluding carboxylic acids is 1. The third kappa shape index (κ3) is 3.26. The minimum absolute atomic E-state index is 0.116. The van der Waals surface area contributed by atoms with E-state index in [2.05, 4.69) is 4.98 Å². The summed E-state index contributed by atoms with van der Waals surface area (Å²) in [5, 5.41) is 0.